The summed E-state index contributed by atoms with van der Waals surface area (Å²) in [5.74, 6) is 0.321. The first-order valence-corrected chi connectivity index (χ1v) is 7.05. The Morgan fingerprint density at radius 2 is 2.10 bits per heavy atom. The molecule has 0 aliphatic rings. The van der Waals surface area contributed by atoms with Gasteiger partial charge in [-0.1, -0.05) is 23.5 Å². The molecule has 0 saturated carbocycles. The molecule has 5 nitrogen and oxygen atoms in total. The van der Waals surface area contributed by atoms with Gasteiger partial charge in [-0.25, -0.2) is 0 Å². The van der Waals surface area contributed by atoms with E-state index in [1.807, 2.05) is 19.1 Å². The van der Waals surface area contributed by atoms with Crippen molar-refractivity contribution in [1.82, 2.24) is 4.57 Å². The molecule has 106 valence electrons. The van der Waals surface area contributed by atoms with Gasteiger partial charge in [-0.3, -0.25) is 9.59 Å². The number of anilines is 1. The topological polar surface area (TPSA) is 60.3 Å². The highest BCUT2D eigenvalue weighted by Crippen LogP contribution is 2.25. The molecule has 6 heteroatoms. The molecule has 1 N–H and O–H groups in total. The Kier molecular flexibility index (Phi) is 4.24. The summed E-state index contributed by atoms with van der Waals surface area (Å²) in [6.07, 6.45) is 0. The number of aromatic nitrogens is 1. The lowest BCUT2D eigenvalue weighted by molar-refractivity contribution is 0.102. The van der Waals surface area contributed by atoms with Crippen molar-refractivity contribution in [1.29, 1.82) is 0 Å². The molecule has 0 radical (unpaired) electrons. The van der Waals surface area contributed by atoms with Gasteiger partial charge in [0.05, 0.1) is 12.3 Å². The molecule has 0 bridgehead atoms. The maximum Gasteiger partial charge on any atom is 0.307 e. The van der Waals surface area contributed by atoms with E-state index in [2.05, 4.69) is 5.32 Å². The Bertz CT molecular complexity index is 688. The number of nitrogens with one attached hydrogen (secondary N) is 1. The van der Waals surface area contributed by atoms with Gasteiger partial charge < -0.3 is 14.6 Å². The molecule has 0 aliphatic carbocycles. The van der Waals surface area contributed by atoms with E-state index in [4.69, 9.17) is 4.74 Å². The minimum absolute atomic E-state index is 0.147. The number of rotatable bonds is 4. The number of amides is 1. The second kappa shape index (κ2) is 5.92. The SMILES string of the molecule is CCOc1ccccc1NC(=O)c1sc(=O)n(C)c1C. The van der Waals surface area contributed by atoms with E-state index in [0.29, 0.717) is 28.6 Å². The molecular weight excluding hydrogens is 276 g/mol. The van der Waals surface area contributed by atoms with E-state index in [1.165, 1.54) is 4.57 Å². The minimum Gasteiger partial charge on any atom is -0.492 e. The van der Waals surface area contributed by atoms with Gasteiger partial charge in [-0.05, 0) is 26.0 Å². The third-order valence-electron chi connectivity index (χ3n) is 2.94. The van der Waals surface area contributed by atoms with Crippen LogP contribution in [0.3, 0.4) is 0 Å². The van der Waals surface area contributed by atoms with Crippen molar-refractivity contribution in [3.05, 3.63) is 44.5 Å². The summed E-state index contributed by atoms with van der Waals surface area (Å²) >= 11 is 0.942. The van der Waals surface area contributed by atoms with Gasteiger partial charge in [0.25, 0.3) is 5.91 Å². The normalized spacial score (nSPS) is 10.3. The molecule has 1 aromatic carbocycles. The number of benzene rings is 1. The lowest BCUT2D eigenvalue weighted by Crippen LogP contribution is -2.13. The van der Waals surface area contributed by atoms with Crippen LogP contribution >= 0.6 is 11.3 Å². The summed E-state index contributed by atoms with van der Waals surface area (Å²) in [6.45, 7) is 4.15. The minimum atomic E-state index is -0.294. The molecule has 0 fully saturated rings. The zero-order chi connectivity index (χ0) is 14.7. The molecule has 2 rings (SSSR count). The van der Waals surface area contributed by atoms with E-state index in [0.717, 1.165) is 11.3 Å². The van der Waals surface area contributed by atoms with Gasteiger partial charge in [0, 0.05) is 12.7 Å². The maximum atomic E-state index is 12.2. The van der Waals surface area contributed by atoms with Gasteiger partial charge in [-0.2, -0.15) is 0 Å². The van der Waals surface area contributed by atoms with Crippen LogP contribution in [0.4, 0.5) is 5.69 Å². The molecule has 0 unspecified atom stereocenters. The standard InChI is InChI=1S/C14H16N2O3S/c1-4-19-11-8-6-5-7-10(11)15-13(17)12-9(2)16(3)14(18)20-12/h5-8H,4H2,1-3H3,(H,15,17). The lowest BCUT2D eigenvalue weighted by Gasteiger charge is -2.10. The van der Waals surface area contributed by atoms with Gasteiger partial charge >= 0.3 is 4.87 Å². The fourth-order valence-corrected chi connectivity index (χ4v) is 2.64. The highest BCUT2D eigenvalue weighted by Gasteiger charge is 2.17. The Hall–Kier alpha value is -2.08. The summed E-state index contributed by atoms with van der Waals surface area (Å²) in [6, 6.07) is 7.22. The summed E-state index contributed by atoms with van der Waals surface area (Å²) in [7, 11) is 1.65. The van der Waals surface area contributed by atoms with Gasteiger partial charge in [0.15, 0.2) is 0 Å². The van der Waals surface area contributed by atoms with Crippen LogP contribution in [-0.4, -0.2) is 17.1 Å². The van der Waals surface area contributed by atoms with Gasteiger partial charge in [0.1, 0.15) is 10.6 Å². The first kappa shape index (κ1) is 14.3. The van der Waals surface area contributed by atoms with Crippen LogP contribution in [0.15, 0.2) is 29.1 Å². The largest absolute Gasteiger partial charge is 0.492 e. The molecule has 0 atom stereocenters. The number of nitrogens with zero attached hydrogens (tertiary/aromatic N) is 1. The van der Waals surface area contributed by atoms with E-state index >= 15 is 0 Å². The number of carbonyl (C=O) groups excluding carboxylic acids is 1. The Morgan fingerprint density at radius 1 is 1.40 bits per heavy atom. The average molecular weight is 292 g/mol. The smallest absolute Gasteiger partial charge is 0.307 e. The lowest BCUT2D eigenvalue weighted by atomic mass is 10.2. The maximum absolute atomic E-state index is 12.2. The molecule has 20 heavy (non-hydrogen) atoms. The van der Waals surface area contributed by atoms with Crippen molar-refractivity contribution in [3.63, 3.8) is 0 Å². The van der Waals surface area contributed by atoms with Crippen LogP contribution in [0.2, 0.25) is 0 Å². The Labute approximate surface area is 120 Å². The van der Waals surface area contributed by atoms with E-state index < -0.39 is 0 Å². The summed E-state index contributed by atoms with van der Waals surface area (Å²) in [5, 5.41) is 2.79. The number of carbonyl (C=O) groups is 1. The summed E-state index contributed by atoms with van der Waals surface area (Å²) in [5.41, 5.74) is 1.26. The molecule has 0 spiro atoms. The van der Waals surface area contributed by atoms with Crippen molar-refractivity contribution in [2.24, 2.45) is 7.05 Å². The van der Waals surface area contributed by atoms with Crippen LogP contribution in [0, 0.1) is 6.92 Å². The fraction of sp³-hybridized carbons (Fsp3) is 0.286. The number of para-hydroxylation sites is 2. The highest BCUT2D eigenvalue weighted by atomic mass is 32.1. The van der Waals surface area contributed by atoms with Crippen molar-refractivity contribution in [2.45, 2.75) is 13.8 Å². The van der Waals surface area contributed by atoms with Crippen molar-refractivity contribution >= 4 is 22.9 Å². The average Bonchev–Trinajstić information content (AvgIpc) is 2.69. The van der Waals surface area contributed by atoms with Crippen LogP contribution < -0.4 is 14.9 Å². The van der Waals surface area contributed by atoms with Crippen LogP contribution in [0.1, 0.15) is 22.3 Å². The molecule has 1 aromatic heterocycles. The predicted molar refractivity (Wildman–Crippen MR) is 79.9 cm³/mol. The molecule has 1 heterocycles. The molecule has 0 saturated heterocycles. The van der Waals surface area contributed by atoms with Crippen LogP contribution in [-0.2, 0) is 7.05 Å². The number of hydrogen-bond acceptors (Lipinski definition) is 4. The number of ether oxygens (including phenoxy) is 1. The van der Waals surface area contributed by atoms with Crippen molar-refractivity contribution in [3.8, 4) is 5.75 Å². The van der Waals surface area contributed by atoms with E-state index in [1.54, 1.807) is 26.1 Å². The van der Waals surface area contributed by atoms with E-state index in [-0.39, 0.29) is 10.8 Å². The highest BCUT2D eigenvalue weighted by molar-refractivity contribution is 7.11. The molecule has 1 amide bonds. The summed E-state index contributed by atoms with van der Waals surface area (Å²) in [4.78, 5) is 24.1. The quantitative estimate of drug-likeness (QED) is 0.941. The van der Waals surface area contributed by atoms with Crippen LogP contribution in [0.5, 0.6) is 5.75 Å². The molecule has 0 aliphatic heterocycles. The van der Waals surface area contributed by atoms with Gasteiger partial charge in [-0.15, -0.1) is 0 Å². The number of thiazole rings is 1. The van der Waals surface area contributed by atoms with Crippen molar-refractivity contribution in [2.75, 3.05) is 11.9 Å². The fourth-order valence-electron chi connectivity index (χ4n) is 1.76. The second-order valence-corrected chi connectivity index (χ2v) is 5.19. The molecule has 2 aromatic rings. The molecular formula is C14H16N2O3S. The monoisotopic (exact) mass is 292 g/mol. The predicted octanol–water partition coefficient (Wildman–Crippen LogP) is 2.41. The first-order valence-electron chi connectivity index (χ1n) is 6.24. The zero-order valence-electron chi connectivity index (χ0n) is 11.6. The number of hydrogen-bond donors (Lipinski definition) is 1. The van der Waals surface area contributed by atoms with E-state index in [9.17, 15) is 9.59 Å². The first-order chi connectivity index (χ1) is 9.54. The van der Waals surface area contributed by atoms with Gasteiger partial charge in [0.2, 0.25) is 0 Å². The van der Waals surface area contributed by atoms with Crippen molar-refractivity contribution < 1.29 is 9.53 Å². The summed E-state index contributed by atoms with van der Waals surface area (Å²) < 4.78 is 6.92. The Balaban J connectivity index is 2.28. The van der Waals surface area contributed by atoms with Crippen LogP contribution in [0.25, 0.3) is 0 Å². The zero-order valence-corrected chi connectivity index (χ0v) is 12.4. The Morgan fingerprint density at radius 3 is 2.70 bits per heavy atom. The third kappa shape index (κ3) is 2.75. The second-order valence-electron chi connectivity index (χ2n) is 4.22. The third-order valence-corrected chi connectivity index (χ3v) is 4.07.